The molecule has 0 unspecified atom stereocenters. The Hall–Kier alpha value is -0.650. The molecule has 0 aromatic carbocycles. The average Bonchev–Trinajstić information content (AvgIpc) is 1.60. The monoisotopic (exact) mass is 116 g/mol. The molecule has 0 aliphatic heterocycles. The number of hydrogen-bond acceptors (Lipinski definition) is 1. The van der Waals surface area contributed by atoms with Gasteiger partial charge < -0.3 is 0 Å². The molecule has 0 heterocycles. The lowest BCUT2D eigenvalue weighted by Gasteiger charge is -2.28. The van der Waals surface area contributed by atoms with E-state index in [1.165, 1.54) is 0 Å². The molecule has 0 saturated heterocycles. The smallest absolute Gasteiger partial charge is 0.207 e. The Bertz CT molecular complexity index is 128. The van der Waals surface area contributed by atoms with Crippen LogP contribution < -0.4 is 0 Å². The summed E-state index contributed by atoms with van der Waals surface area (Å²) in [5.41, 5.74) is 0. The number of halogens is 2. The Labute approximate surface area is 45.9 Å². The van der Waals surface area contributed by atoms with Crippen LogP contribution in [0.25, 0.3) is 0 Å². The van der Waals surface area contributed by atoms with Gasteiger partial charge in [-0.05, 0) is 0 Å². The summed E-state index contributed by atoms with van der Waals surface area (Å²) < 4.78 is 23.6. The summed E-state index contributed by atoms with van der Waals surface area (Å²) in [5, 5.41) is 8.00. The SMILES string of the molecule is N#C[C]1CC(F)(F)C1. The zero-order valence-electron chi connectivity index (χ0n) is 4.12. The minimum atomic E-state index is -2.56. The minimum absolute atomic E-state index is 0.315. The number of hydrogen-bond donors (Lipinski definition) is 0. The molecule has 8 heavy (non-hydrogen) atoms. The van der Waals surface area contributed by atoms with Crippen LogP contribution >= 0.6 is 0 Å². The van der Waals surface area contributed by atoms with Crippen LogP contribution in [-0.4, -0.2) is 5.92 Å². The molecule has 0 bridgehead atoms. The van der Waals surface area contributed by atoms with E-state index in [1.54, 1.807) is 6.07 Å². The summed E-state index contributed by atoms with van der Waals surface area (Å²) in [5.74, 6) is -2.25. The van der Waals surface area contributed by atoms with Gasteiger partial charge in [0.25, 0.3) is 5.92 Å². The predicted octanol–water partition coefficient (Wildman–Crippen LogP) is 1.51. The van der Waals surface area contributed by atoms with Crippen LogP contribution in [0.3, 0.4) is 0 Å². The highest BCUT2D eigenvalue weighted by Gasteiger charge is 2.46. The quantitative estimate of drug-likeness (QED) is 0.470. The van der Waals surface area contributed by atoms with Crippen molar-refractivity contribution in [2.75, 3.05) is 0 Å². The van der Waals surface area contributed by atoms with Crippen LogP contribution in [0.4, 0.5) is 8.78 Å². The third-order valence-corrected chi connectivity index (χ3v) is 1.10. The molecule has 43 valence electrons. The van der Waals surface area contributed by atoms with Crippen molar-refractivity contribution < 1.29 is 8.78 Å². The molecular formula is C5H4F2N. The molecule has 1 aliphatic rings. The van der Waals surface area contributed by atoms with Crippen molar-refractivity contribution in [3.63, 3.8) is 0 Å². The first-order chi connectivity index (χ1) is 3.64. The molecule has 0 amide bonds. The molecule has 3 heteroatoms. The van der Waals surface area contributed by atoms with Gasteiger partial charge in [-0.3, -0.25) is 0 Å². The van der Waals surface area contributed by atoms with Gasteiger partial charge in [0.05, 0.1) is 12.0 Å². The Morgan fingerprint density at radius 1 is 1.50 bits per heavy atom. The first kappa shape index (κ1) is 5.49. The second-order valence-corrected chi connectivity index (χ2v) is 1.92. The zero-order valence-corrected chi connectivity index (χ0v) is 4.12. The Morgan fingerprint density at radius 3 is 2.12 bits per heavy atom. The lowest BCUT2D eigenvalue weighted by Crippen LogP contribution is -2.32. The van der Waals surface area contributed by atoms with Crippen LogP contribution in [0.15, 0.2) is 0 Å². The van der Waals surface area contributed by atoms with E-state index in [0.717, 1.165) is 0 Å². The first-order valence-corrected chi connectivity index (χ1v) is 2.27. The van der Waals surface area contributed by atoms with E-state index < -0.39 is 5.92 Å². The van der Waals surface area contributed by atoms with Gasteiger partial charge in [0, 0.05) is 12.8 Å². The molecule has 1 fully saturated rings. The van der Waals surface area contributed by atoms with E-state index in [4.69, 9.17) is 5.26 Å². The Morgan fingerprint density at radius 2 is 2.00 bits per heavy atom. The van der Waals surface area contributed by atoms with Gasteiger partial charge in [0.1, 0.15) is 0 Å². The summed E-state index contributed by atoms with van der Waals surface area (Å²) in [7, 11) is 0. The van der Waals surface area contributed by atoms with Crippen molar-refractivity contribution in [2.45, 2.75) is 18.8 Å². The highest BCUT2D eigenvalue weighted by atomic mass is 19.3. The predicted molar refractivity (Wildman–Crippen MR) is 23.0 cm³/mol. The van der Waals surface area contributed by atoms with Crippen molar-refractivity contribution in [3.8, 4) is 6.07 Å². The molecular weight excluding hydrogens is 112 g/mol. The lowest BCUT2D eigenvalue weighted by atomic mass is 9.83. The van der Waals surface area contributed by atoms with E-state index in [2.05, 4.69) is 0 Å². The van der Waals surface area contributed by atoms with Gasteiger partial charge >= 0.3 is 0 Å². The van der Waals surface area contributed by atoms with Crippen molar-refractivity contribution in [3.05, 3.63) is 5.92 Å². The molecule has 1 saturated carbocycles. The molecule has 1 rings (SSSR count). The topological polar surface area (TPSA) is 23.8 Å². The van der Waals surface area contributed by atoms with Crippen molar-refractivity contribution in [1.29, 1.82) is 5.26 Å². The summed E-state index contributed by atoms with van der Waals surface area (Å²) in [6.07, 6.45) is -0.632. The number of nitrogens with zero attached hydrogens (tertiary/aromatic N) is 1. The zero-order chi connectivity index (χ0) is 6.20. The molecule has 0 aromatic rings. The van der Waals surface area contributed by atoms with Crippen LogP contribution in [0, 0.1) is 17.2 Å². The fourth-order valence-electron chi connectivity index (χ4n) is 0.652. The van der Waals surface area contributed by atoms with E-state index in [0.29, 0.717) is 5.92 Å². The van der Waals surface area contributed by atoms with Crippen LogP contribution in [0.1, 0.15) is 12.8 Å². The first-order valence-electron chi connectivity index (χ1n) is 2.27. The van der Waals surface area contributed by atoms with Gasteiger partial charge in [0.15, 0.2) is 0 Å². The molecule has 0 aromatic heterocycles. The fourth-order valence-corrected chi connectivity index (χ4v) is 0.652. The van der Waals surface area contributed by atoms with Crippen molar-refractivity contribution in [2.24, 2.45) is 0 Å². The maximum Gasteiger partial charge on any atom is 0.251 e. The molecule has 0 spiro atoms. The van der Waals surface area contributed by atoms with Gasteiger partial charge in [0.2, 0.25) is 0 Å². The van der Waals surface area contributed by atoms with E-state index in [-0.39, 0.29) is 12.8 Å². The molecule has 1 radical (unpaired) electrons. The molecule has 0 atom stereocenters. The highest BCUT2D eigenvalue weighted by molar-refractivity contribution is 5.22. The second kappa shape index (κ2) is 1.41. The average molecular weight is 116 g/mol. The van der Waals surface area contributed by atoms with Gasteiger partial charge in [-0.1, -0.05) is 0 Å². The Kier molecular flexibility index (Phi) is 0.968. The third-order valence-electron chi connectivity index (χ3n) is 1.10. The Balaban J connectivity index is 2.34. The summed E-state index contributed by atoms with van der Waals surface area (Å²) in [4.78, 5) is 0. The van der Waals surface area contributed by atoms with Gasteiger partial charge in [-0.2, -0.15) is 5.26 Å². The minimum Gasteiger partial charge on any atom is -0.207 e. The van der Waals surface area contributed by atoms with E-state index in [1.807, 2.05) is 0 Å². The highest BCUT2D eigenvalue weighted by Crippen LogP contribution is 2.43. The summed E-state index contributed by atoms with van der Waals surface area (Å²) >= 11 is 0. The van der Waals surface area contributed by atoms with E-state index in [9.17, 15) is 8.78 Å². The van der Waals surface area contributed by atoms with Gasteiger partial charge in [-0.15, -0.1) is 0 Å². The third kappa shape index (κ3) is 0.786. The maximum absolute atomic E-state index is 11.8. The number of alkyl halides is 2. The summed E-state index contributed by atoms with van der Waals surface area (Å²) in [6, 6.07) is 1.69. The standard InChI is InChI=1S/C5H4F2N/c6-5(7)1-4(2-5)3-8/h1-2H2. The summed E-state index contributed by atoms with van der Waals surface area (Å²) in [6.45, 7) is 0. The normalized spacial score (nSPS) is 26.1. The van der Waals surface area contributed by atoms with E-state index >= 15 is 0 Å². The largest absolute Gasteiger partial charge is 0.251 e. The van der Waals surface area contributed by atoms with Crippen LogP contribution in [0.2, 0.25) is 0 Å². The van der Waals surface area contributed by atoms with Gasteiger partial charge in [-0.25, -0.2) is 8.78 Å². The molecule has 0 N–H and O–H groups in total. The van der Waals surface area contributed by atoms with Crippen LogP contribution in [-0.2, 0) is 0 Å². The van der Waals surface area contributed by atoms with Crippen LogP contribution in [0.5, 0.6) is 0 Å². The maximum atomic E-state index is 11.8. The molecule has 1 aliphatic carbocycles. The lowest BCUT2D eigenvalue weighted by molar-refractivity contribution is -0.0493. The number of rotatable bonds is 0. The van der Waals surface area contributed by atoms with Crippen molar-refractivity contribution >= 4 is 0 Å². The fraction of sp³-hybridized carbons (Fsp3) is 0.600. The second-order valence-electron chi connectivity index (χ2n) is 1.92. The molecule has 1 nitrogen and oxygen atoms in total. The van der Waals surface area contributed by atoms with Crippen molar-refractivity contribution in [1.82, 2.24) is 0 Å². The number of nitriles is 1.